The van der Waals surface area contributed by atoms with E-state index in [1.807, 2.05) is 13.8 Å². The average molecular weight is 290 g/mol. The summed E-state index contributed by atoms with van der Waals surface area (Å²) in [5, 5.41) is 10.2. The van der Waals surface area contributed by atoms with Crippen LogP contribution in [0.4, 0.5) is 0 Å². The molecule has 0 spiro atoms. The van der Waals surface area contributed by atoms with Gasteiger partial charge in [0.2, 0.25) is 5.75 Å². The summed E-state index contributed by atoms with van der Waals surface area (Å²) in [6.45, 7) is 3.67. The van der Waals surface area contributed by atoms with Crippen LogP contribution in [0.2, 0.25) is 0 Å². The minimum Gasteiger partial charge on any atom is -0.493 e. The van der Waals surface area contributed by atoms with E-state index in [9.17, 15) is 5.11 Å². The Labute approximate surface area is 119 Å². The molecule has 0 saturated heterocycles. The lowest BCUT2D eigenvalue weighted by Crippen LogP contribution is -2.54. The fourth-order valence-corrected chi connectivity index (χ4v) is 2.16. The van der Waals surface area contributed by atoms with Crippen molar-refractivity contribution in [2.75, 3.05) is 14.2 Å². The van der Waals surface area contributed by atoms with Gasteiger partial charge in [0.25, 0.3) is 0 Å². The molecule has 0 aliphatic carbocycles. The molecule has 108 valence electrons. The van der Waals surface area contributed by atoms with Crippen molar-refractivity contribution in [1.29, 1.82) is 0 Å². The average Bonchev–Trinajstić information content (AvgIpc) is 2.34. The van der Waals surface area contributed by atoms with Crippen molar-refractivity contribution in [2.45, 2.75) is 31.6 Å². The number of hydrogen-bond donors (Lipinski definition) is 2. The molecule has 0 saturated carbocycles. The second-order valence-electron chi connectivity index (χ2n) is 4.90. The van der Waals surface area contributed by atoms with E-state index < -0.39 is 17.7 Å². The number of rotatable bonds is 2. The van der Waals surface area contributed by atoms with Crippen LogP contribution in [0.15, 0.2) is 12.1 Å². The van der Waals surface area contributed by atoms with E-state index in [0.717, 1.165) is 0 Å². The minimum absolute atomic E-state index is 0. The molecule has 5 nitrogen and oxygen atoms in total. The van der Waals surface area contributed by atoms with Gasteiger partial charge in [-0.15, -0.1) is 12.4 Å². The van der Waals surface area contributed by atoms with E-state index in [0.29, 0.717) is 22.8 Å². The number of fused-ring (bicyclic) bond motifs is 1. The molecule has 2 rings (SSSR count). The highest BCUT2D eigenvalue weighted by molar-refractivity contribution is 5.85. The summed E-state index contributed by atoms with van der Waals surface area (Å²) in [4.78, 5) is 0. The van der Waals surface area contributed by atoms with E-state index >= 15 is 0 Å². The van der Waals surface area contributed by atoms with E-state index in [-0.39, 0.29) is 12.4 Å². The molecule has 0 fully saturated rings. The molecule has 2 unspecified atom stereocenters. The Morgan fingerprint density at radius 3 is 2.42 bits per heavy atom. The van der Waals surface area contributed by atoms with Gasteiger partial charge < -0.3 is 25.1 Å². The van der Waals surface area contributed by atoms with Crippen LogP contribution in [0.5, 0.6) is 17.2 Å². The number of benzene rings is 1. The first-order valence-corrected chi connectivity index (χ1v) is 5.80. The predicted molar refractivity (Wildman–Crippen MR) is 74.4 cm³/mol. The number of ether oxygens (including phenoxy) is 3. The first kappa shape index (κ1) is 15.9. The molecule has 1 heterocycles. The standard InChI is InChI=1S/C13H19NO4.ClH/c1-13(2)12(14)9(15)7-5-6-8(16-3)11(17-4)10(7)18-13;/h5-6,9,12,15H,14H2,1-4H3;1H. The Bertz CT molecular complexity index is 464. The van der Waals surface area contributed by atoms with Gasteiger partial charge in [-0.05, 0) is 26.0 Å². The second kappa shape index (κ2) is 5.45. The maximum atomic E-state index is 10.2. The molecule has 0 radical (unpaired) electrons. The first-order chi connectivity index (χ1) is 8.42. The molecule has 1 aromatic carbocycles. The zero-order chi connectivity index (χ0) is 13.5. The summed E-state index contributed by atoms with van der Waals surface area (Å²) < 4.78 is 16.4. The van der Waals surface area contributed by atoms with Gasteiger partial charge in [-0.1, -0.05) is 0 Å². The highest BCUT2D eigenvalue weighted by Gasteiger charge is 2.42. The maximum absolute atomic E-state index is 10.2. The molecular weight excluding hydrogens is 270 g/mol. The fraction of sp³-hybridized carbons (Fsp3) is 0.538. The topological polar surface area (TPSA) is 73.9 Å². The quantitative estimate of drug-likeness (QED) is 0.866. The zero-order valence-corrected chi connectivity index (χ0v) is 12.3. The predicted octanol–water partition coefficient (Wildman–Crippen LogP) is 1.66. The number of aliphatic hydroxyl groups excluding tert-OH is 1. The number of halogens is 1. The van der Waals surface area contributed by atoms with E-state index in [1.165, 1.54) is 7.11 Å². The summed E-state index contributed by atoms with van der Waals surface area (Å²) in [6.07, 6.45) is -0.788. The number of methoxy groups -OCH3 is 2. The maximum Gasteiger partial charge on any atom is 0.203 e. The lowest BCUT2D eigenvalue weighted by atomic mass is 9.86. The Morgan fingerprint density at radius 2 is 1.89 bits per heavy atom. The minimum atomic E-state index is -0.788. The van der Waals surface area contributed by atoms with Crippen molar-refractivity contribution in [3.8, 4) is 17.2 Å². The van der Waals surface area contributed by atoms with Crippen molar-refractivity contribution >= 4 is 12.4 Å². The molecule has 1 aromatic rings. The van der Waals surface area contributed by atoms with E-state index in [2.05, 4.69) is 0 Å². The SMILES string of the molecule is COc1ccc2c(c1OC)OC(C)(C)C(N)C2O.Cl. The van der Waals surface area contributed by atoms with E-state index in [4.69, 9.17) is 19.9 Å². The molecular formula is C13H20ClNO4. The summed E-state index contributed by atoms with van der Waals surface area (Å²) in [5.74, 6) is 1.54. The lowest BCUT2D eigenvalue weighted by Gasteiger charge is -2.41. The molecule has 1 aliphatic heterocycles. The van der Waals surface area contributed by atoms with Crippen LogP contribution in [0.1, 0.15) is 25.5 Å². The van der Waals surface area contributed by atoms with Gasteiger partial charge >= 0.3 is 0 Å². The third-order valence-electron chi connectivity index (χ3n) is 3.36. The van der Waals surface area contributed by atoms with Gasteiger partial charge in [0.05, 0.1) is 20.3 Å². The molecule has 0 bridgehead atoms. The Kier molecular flexibility index (Phi) is 4.55. The third kappa shape index (κ3) is 2.45. The summed E-state index contributed by atoms with van der Waals surface area (Å²) in [5.41, 5.74) is 5.94. The summed E-state index contributed by atoms with van der Waals surface area (Å²) >= 11 is 0. The number of aliphatic hydroxyl groups is 1. The number of hydrogen-bond acceptors (Lipinski definition) is 5. The highest BCUT2D eigenvalue weighted by atomic mass is 35.5. The number of nitrogens with two attached hydrogens (primary N) is 1. The molecule has 1 aliphatic rings. The molecule has 19 heavy (non-hydrogen) atoms. The Morgan fingerprint density at radius 1 is 1.26 bits per heavy atom. The molecule has 6 heteroatoms. The van der Waals surface area contributed by atoms with Crippen LogP contribution in [0.25, 0.3) is 0 Å². The molecule has 3 N–H and O–H groups in total. The lowest BCUT2D eigenvalue weighted by molar-refractivity contribution is -0.0138. The Hall–Kier alpha value is -1.17. The van der Waals surface area contributed by atoms with Crippen molar-refractivity contribution in [1.82, 2.24) is 0 Å². The van der Waals surface area contributed by atoms with Gasteiger partial charge in [-0.25, -0.2) is 0 Å². The zero-order valence-electron chi connectivity index (χ0n) is 11.5. The monoisotopic (exact) mass is 289 g/mol. The smallest absolute Gasteiger partial charge is 0.203 e. The van der Waals surface area contributed by atoms with Crippen molar-refractivity contribution < 1.29 is 19.3 Å². The normalized spacial score (nSPS) is 23.7. The van der Waals surface area contributed by atoms with E-state index in [1.54, 1.807) is 19.2 Å². The molecule has 2 atom stereocenters. The van der Waals surface area contributed by atoms with Crippen LogP contribution in [0, 0.1) is 0 Å². The third-order valence-corrected chi connectivity index (χ3v) is 3.36. The van der Waals surface area contributed by atoms with Gasteiger partial charge in [0, 0.05) is 5.56 Å². The van der Waals surface area contributed by atoms with Gasteiger partial charge in [-0.3, -0.25) is 0 Å². The van der Waals surface area contributed by atoms with Crippen LogP contribution >= 0.6 is 12.4 Å². The van der Waals surface area contributed by atoms with Gasteiger partial charge in [-0.2, -0.15) is 0 Å². The van der Waals surface area contributed by atoms with Crippen LogP contribution in [-0.4, -0.2) is 31.0 Å². The second-order valence-corrected chi connectivity index (χ2v) is 4.90. The fourth-order valence-electron chi connectivity index (χ4n) is 2.16. The summed E-state index contributed by atoms with van der Waals surface area (Å²) in [6, 6.07) is 2.98. The first-order valence-electron chi connectivity index (χ1n) is 5.80. The van der Waals surface area contributed by atoms with Crippen LogP contribution in [0.3, 0.4) is 0 Å². The van der Waals surface area contributed by atoms with Crippen LogP contribution < -0.4 is 19.9 Å². The van der Waals surface area contributed by atoms with Gasteiger partial charge in [0.1, 0.15) is 11.7 Å². The van der Waals surface area contributed by atoms with Gasteiger partial charge in [0.15, 0.2) is 11.5 Å². The van der Waals surface area contributed by atoms with Crippen molar-refractivity contribution in [3.05, 3.63) is 17.7 Å². The van der Waals surface area contributed by atoms with Crippen LogP contribution in [-0.2, 0) is 0 Å². The van der Waals surface area contributed by atoms with Crippen molar-refractivity contribution in [3.63, 3.8) is 0 Å². The van der Waals surface area contributed by atoms with Crippen molar-refractivity contribution in [2.24, 2.45) is 5.73 Å². The largest absolute Gasteiger partial charge is 0.493 e. The summed E-state index contributed by atoms with van der Waals surface area (Å²) in [7, 11) is 3.09. The highest BCUT2D eigenvalue weighted by Crippen LogP contribution is 2.48. The Balaban J connectivity index is 0.00000180. The molecule has 0 aromatic heterocycles. The molecule has 0 amide bonds.